The van der Waals surface area contributed by atoms with Crippen LogP contribution in [-0.2, 0) is 22.5 Å². The molecule has 3 N–H and O–H groups in total. The minimum atomic E-state index is -1.16. The van der Waals surface area contributed by atoms with Gasteiger partial charge < -0.3 is 24.8 Å². The molecule has 4 heterocycles. The Kier molecular flexibility index (Phi) is 8.52. The van der Waals surface area contributed by atoms with E-state index in [1.807, 2.05) is 33.0 Å². The molecule has 1 unspecified atom stereocenters. The smallest absolute Gasteiger partial charge is 0.158 e. The lowest BCUT2D eigenvalue weighted by Crippen LogP contribution is -2.49. The van der Waals surface area contributed by atoms with E-state index in [1.165, 1.54) is 22.9 Å². The van der Waals surface area contributed by atoms with Gasteiger partial charge in [-0.15, -0.1) is 4.72 Å². The van der Waals surface area contributed by atoms with Crippen molar-refractivity contribution >= 4 is 52.2 Å². The van der Waals surface area contributed by atoms with Gasteiger partial charge in [-0.05, 0) is 57.2 Å². The highest BCUT2D eigenvalue weighted by Crippen LogP contribution is 2.53. The third-order valence-electron chi connectivity index (χ3n) is 8.49. The molecule has 12 heteroatoms. The van der Waals surface area contributed by atoms with Gasteiger partial charge in [0.2, 0.25) is 0 Å². The van der Waals surface area contributed by atoms with E-state index in [9.17, 15) is 4.55 Å². The zero-order valence-corrected chi connectivity index (χ0v) is 26.7. The first kappa shape index (κ1) is 29.8. The second-order valence-corrected chi connectivity index (χ2v) is 15.6. The van der Waals surface area contributed by atoms with Crippen LogP contribution in [0.25, 0.3) is 0 Å². The maximum Gasteiger partial charge on any atom is 0.158 e. The number of benzene rings is 1. The summed E-state index contributed by atoms with van der Waals surface area (Å²) in [5.74, 6) is 1.91. The van der Waals surface area contributed by atoms with E-state index >= 15 is 0 Å². The first-order valence-corrected chi connectivity index (χ1v) is 16.8. The number of pyridine rings is 1. The normalized spacial score (nSPS) is 21.0. The van der Waals surface area contributed by atoms with Gasteiger partial charge in [0.25, 0.3) is 0 Å². The van der Waals surface area contributed by atoms with Crippen molar-refractivity contribution in [1.82, 2.24) is 19.7 Å². The number of nitrogens with two attached hydrogens (primary N) is 1. The molecule has 3 aromatic rings. The summed E-state index contributed by atoms with van der Waals surface area (Å²) < 4.78 is 21.9. The number of aromatic nitrogens is 3. The van der Waals surface area contributed by atoms with Crippen molar-refractivity contribution in [1.29, 1.82) is 0 Å². The van der Waals surface area contributed by atoms with Crippen LogP contribution in [0.15, 0.2) is 52.6 Å². The number of fused-ring (bicyclic) bond motifs is 1. The van der Waals surface area contributed by atoms with Crippen LogP contribution in [0.5, 0.6) is 0 Å². The predicted octanol–water partition coefficient (Wildman–Crippen LogP) is 5.03. The number of nitrogens with zero attached hydrogens (tertiary/aromatic N) is 5. The molecule has 1 aliphatic carbocycles. The monoisotopic (exact) mass is 627 g/mol. The van der Waals surface area contributed by atoms with E-state index in [2.05, 4.69) is 43.8 Å². The minimum Gasteiger partial charge on any atom is -0.598 e. The molecule has 9 nitrogen and oxygen atoms in total. The number of morpholine rings is 1. The predicted molar refractivity (Wildman–Crippen MR) is 171 cm³/mol. The highest BCUT2D eigenvalue weighted by molar-refractivity contribution is 7.99. The van der Waals surface area contributed by atoms with Gasteiger partial charge in [-0.25, -0.2) is 15.0 Å². The zero-order valence-electron chi connectivity index (χ0n) is 24.3. The topological polar surface area (TPSA) is 115 Å². The summed E-state index contributed by atoms with van der Waals surface area (Å²) in [5.41, 5.74) is 9.08. The quantitative estimate of drug-likeness (QED) is 0.361. The van der Waals surface area contributed by atoms with Gasteiger partial charge in [0, 0.05) is 54.0 Å². The van der Waals surface area contributed by atoms with Gasteiger partial charge in [-0.1, -0.05) is 47.6 Å². The van der Waals surface area contributed by atoms with Crippen LogP contribution in [-0.4, -0.2) is 63.6 Å². The number of hydrogen-bond donors (Lipinski definition) is 2. The zero-order chi connectivity index (χ0) is 29.5. The van der Waals surface area contributed by atoms with Crippen molar-refractivity contribution < 1.29 is 9.29 Å². The van der Waals surface area contributed by atoms with Gasteiger partial charge in [0.05, 0.1) is 30.5 Å². The van der Waals surface area contributed by atoms with Crippen LogP contribution in [0.2, 0.25) is 5.02 Å². The van der Waals surface area contributed by atoms with Crippen molar-refractivity contribution in [3.63, 3.8) is 0 Å². The molecule has 2 saturated heterocycles. The summed E-state index contributed by atoms with van der Waals surface area (Å²) in [7, 11) is 0. The molecule has 2 fully saturated rings. The summed E-state index contributed by atoms with van der Waals surface area (Å²) >= 11 is 7.02. The Morgan fingerprint density at radius 1 is 1.10 bits per heavy atom. The number of ether oxygens (including phenoxy) is 1. The van der Waals surface area contributed by atoms with E-state index < -0.39 is 11.4 Å². The Hall–Kier alpha value is -2.28. The fourth-order valence-corrected chi connectivity index (χ4v) is 8.18. The van der Waals surface area contributed by atoms with Crippen LogP contribution in [0.4, 0.5) is 17.5 Å². The number of hydrogen-bond acceptors (Lipinski definition) is 10. The molecule has 0 bridgehead atoms. The first-order chi connectivity index (χ1) is 20.1. The molecule has 0 amide bonds. The Morgan fingerprint density at radius 2 is 1.83 bits per heavy atom. The molecule has 0 saturated carbocycles. The fraction of sp³-hybridized carbons (Fsp3) is 0.500. The third kappa shape index (κ3) is 5.92. The van der Waals surface area contributed by atoms with Gasteiger partial charge in [0.1, 0.15) is 21.4 Å². The summed E-state index contributed by atoms with van der Waals surface area (Å²) in [5, 5.41) is 1.21. The largest absolute Gasteiger partial charge is 0.598 e. The Morgan fingerprint density at radius 3 is 2.55 bits per heavy atom. The van der Waals surface area contributed by atoms with Gasteiger partial charge in [-0.2, -0.15) is 0 Å². The second kappa shape index (κ2) is 12.0. The summed E-state index contributed by atoms with van der Waals surface area (Å²) in [6.07, 6.45) is 6.47. The fourth-order valence-electron chi connectivity index (χ4n) is 6.11. The van der Waals surface area contributed by atoms with E-state index in [0.29, 0.717) is 29.1 Å². The van der Waals surface area contributed by atoms with Crippen molar-refractivity contribution in [2.75, 3.05) is 54.9 Å². The lowest BCUT2D eigenvalue weighted by atomic mass is 9.73. The lowest BCUT2D eigenvalue weighted by molar-refractivity contribution is 0.122. The molecule has 1 aromatic carbocycles. The molecule has 42 heavy (non-hydrogen) atoms. The maximum atomic E-state index is 13.2. The Balaban J connectivity index is 1.16. The lowest BCUT2D eigenvalue weighted by Gasteiger charge is -2.44. The number of nitrogen functional groups attached to an aromatic ring is 1. The first-order valence-electron chi connectivity index (χ1n) is 14.4. The standard InChI is InChI=1S/C30H38ClN7O2S2/c1-29(2,3)42(39)36-25-21-7-5-4-6-20(21)18-30(25)9-12-37(13-10-30)23-19-34-28(26(32)35-23)41-22-8-11-33-27(24(22)31)38-14-16-40-17-15-38/h4-8,11,19,25,36H,9-10,12-18H2,1-3H3,(H2,32,35)/t25-,42?/m1/s1. The van der Waals surface area contributed by atoms with Crippen LogP contribution < -0.4 is 20.3 Å². The van der Waals surface area contributed by atoms with E-state index in [4.69, 9.17) is 32.0 Å². The van der Waals surface area contributed by atoms with Crippen LogP contribution in [0.3, 0.4) is 0 Å². The summed E-state index contributed by atoms with van der Waals surface area (Å²) in [6.45, 7) is 10.5. The maximum absolute atomic E-state index is 13.2. The summed E-state index contributed by atoms with van der Waals surface area (Å²) in [6, 6.07) is 10.5. The molecule has 0 radical (unpaired) electrons. The molecule has 3 aliphatic rings. The number of nitrogens with one attached hydrogen (secondary N) is 1. The molecule has 2 aliphatic heterocycles. The van der Waals surface area contributed by atoms with E-state index in [1.54, 1.807) is 6.20 Å². The Labute approximate surface area is 260 Å². The number of halogens is 1. The van der Waals surface area contributed by atoms with Crippen molar-refractivity contribution in [3.05, 3.63) is 58.9 Å². The van der Waals surface area contributed by atoms with Crippen LogP contribution in [0.1, 0.15) is 50.8 Å². The van der Waals surface area contributed by atoms with Crippen LogP contribution in [0, 0.1) is 5.41 Å². The van der Waals surface area contributed by atoms with Gasteiger partial charge >= 0.3 is 0 Å². The van der Waals surface area contributed by atoms with E-state index in [-0.39, 0.29) is 16.2 Å². The SMILES string of the molecule is CC(C)(C)[S+]([O-])N[C@@H]1c2ccccc2CC12CCN(c1cnc(Sc3ccnc(N4CCOCC4)c3Cl)c(N)n1)CC2. The summed E-state index contributed by atoms with van der Waals surface area (Å²) in [4.78, 5) is 19.2. The number of rotatable bonds is 6. The van der Waals surface area contributed by atoms with E-state index in [0.717, 1.165) is 62.0 Å². The molecule has 6 rings (SSSR count). The third-order valence-corrected chi connectivity index (χ3v) is 11.6. The molecule has 224 valence electrons. The van der Waals surface area contributed by atoms with Crippen molar-refractivity contribution in [2.45, 2.75) is 60.7 Å². The van der Waals surface area contributed by atoms with Gasteiger partial charge in [-0.3, -0.25) is 0 Å². The molecule has 2 atom stereocenters. The molecule has 1 spiro atoms. The van der Waals surface area contributed by atoms with Gasteiger partial charge in [0.15, 0.2) is 5.82 Å². The highest BCUT2D eigenvalue weighted by Gasteiger charge is 2.50. The minimum absolute atomic E-state index is 0.00610. The molecular weight excluding hydrogens is 590 g/mol. The average Bonchev–Trinajstić information content (AvgIpc) is 3.27. The average molecular weight is 628 g/mol. The molecule has 2 aromatic heterocycles. The number of anilines is 3. The second-order valence-electron chi connectivity index (χ2n) is 12.2. The molecular formula is C30H38ClN7O2S2. The number of piperidine rings is 1. The van der Waals surface area contributed by atoms with Crippen molar-refractivity contribution in [2.24, 2.45) is 5.41 Å². The Bertz CT molecular complexity index is 1430. The van der Waals surface area contributed by atoms with Crippen LogP contribution >= 0.6 is 23.4 Å². The van der Waals surface area contributed by atoms with Crippen molar-refractivity contribution in [3.8, 4) is 0 Å². The highest BCUT2D eigenvalue weighted by atomic mass is 35.5.